The van der Waals surface area contributed by atoms with E-state index >= 15 is 0 Å². The summed E-state index contributed by atoms with van der Waals surface area (Å²) in [6.45, 7) is 1.69. The summed E-state index contributed by atoms with van der Waals surface area (Å²) in [5.41, 5.74) is 2.27. The van der Waals surface area contributed by atoms with Crippen molar-refractivity contribution in [1.29, 1.82) is 0 Å². The number of aliphatic hydroxyl groups is 1. The molecular formula is C15H15BrN2O3. The molecule has 1 amide bonds. The second kappa shape index (κ2) is 7.19. The second-order valence-electron chi connectivity index (χ2n) is 4.44. The predicted octanol–water partition coefficient (Wildman–Crippen LogP) is 2.66. The minimum atomic E-state index is -0.244. The highest BCUT2D eigenvalue weighted by Crippen LogP contribution is 2.20. The Kier molecular flexibility index (Phi) is 5.30. The van der Waals surface area contributed by atoms with Crippen molar-refractivity contribution < 1.29 is 14.6 Å². The Morgan fingerprint density at radius 1 is 1.38 bits per heavy atom. The van der Waals surface area contributed by atoms with E-state index in [9.17, 15) is 4.79 Å². The van der Waals surface area contributed by atoms with Gasteiger partial charge in [0.15, 0.2) is 6.61 Å². The first-order valence-corrected chi connectivity index (χ1v) is 7.12. The third-order valence-corrected chi connectivity index (χ3v) is 3.29. The molecule has 1 aromatic heterocycles. The first kappa shape index (κ1) is 15.5. The van der Waals surface area contributed by atoms with Crippen molar-refractivity contribution in [1.82, 2.24) is 4.98 Å². The molecule has 110 valence electrons. The lowest BCUT2D eigenvalue weighted by Crippen LogP contribution is -2.20. The molecule has 0 aliphatic rings. The van der Waals surface area contributed by atoms with E-state index < -0.39 is 0 Å². The molecule has 0 fully saturated rings. The summed E-state index contributed by atoms with van der Waals surface area (Å²) in [6.07, 6.45) is 1.48. The van der Waals surface area contributed by atoms with Crippen molar-refractivity contribution in [2.24, 2.45) is 0 Å². The van der Waals surface area contributed by atoms with Crippen LogP contribution < -0.4 is 10.1 Å². The Morgan fingerprint density at radius 3 is 2.81 bits per heavy atom. The van der Waals surface area contributed by atoms with Crippen LogP contribution in [0.5, 0.6) is 5.75 Å². The zero-order valence-electron chi connectivity index (χ0n) is 11.5. The zero-order chi connectivity index (χ0) is 15.2. The van der Waals surface area contributed by atoms with Gasteiger partial charge in [-0.2, -0.15) is 0 Å². The fourth-order valence-electron chi connectivity index (χ4n) is 1.69. The fraction of sp³-hybridized carbons (Fsp3) is 0.200. The highest BCUT2D eigenvalue weighted by Gasteiger charge is 2.06. The van der Waals surface area contributed by atoms with Crippen LogP contribution in [0.15, 0.2) is 41.0 Å². The van der Waals surface area contributed by atoms with E-state index in [1.165, 1.54) is 6.20 Å². The third kappa shape index (κ3) is 4.54. The lowest BCUT2D eigenvalue weighted by Gasteiger charge is -2.10. The smallest absolute Gasteiger partial charge is 0.262 e. The molecular weight excluding hydrogens is 336 g/mol. The fourth-order valence-corrected chi connectivity index (χ4v) is 2.17. The number of hydrogen-bond acceptors (Lipinski definition) is 4. The number of aryl methyl sites for hydroxylation is 1. The molecule has 5 nitrogen and oxygen atoms in total. The number of aromatic nitrogens is 1. The first-order chi connectivity index (χ1) is 10.1. The van der Waals surface area contributed by atoms with Crippen LogP contribution in [0, 0.1) is 6.92 Å². The van der Waals surface area contributed by atoms with E-state index in [4.69, 9.17) is 9.84 Å². The van der Waals surface area contributed by atoms with E-state index in [0.717, 1.165) is 15.7 Å². The largest absolute Gasteiger partial charge is 0.482 e. The summed E-state index contributed by atoms with van der Waals surface area (Å²) < 4.78 is 6.30. The van der Waals surface area contributed by atoms with Crippen molar-refractivity contribution in [3.05, 3.63) is 52.3 Å². The lowest BCUT2D eigenvalue weighted by atomic mass is 10.2. The third-order valence-electron chi connectivity index (χ3n) is 2.79. The Hall–Kier alpha value is -1.92. The number of benzene rings is 1. The SMILES string of the molecule is Cc1cc(Br)ccc1NC(=O)COc1ccc(CO)nc1. The summed E-state index contributed by atoms with van der Waals surface area (Å²) in [5, 5.41) is 11.7. The molecule has 2 N–H and O–H groups in total. The molecule has 2 aromatic rings. The van der Waals surface area contributed by atoms with Gasteiger partial charge in [0, 0.05) is 10.2 Å². The van der Waals surface area contributed by atoms with E-state index in [1.54, 1.807) is 12.1 Å². The molecule has 21 heavy (non-hydrogen) atoms. The number of halogens is 1. The molecule has 1 aromatic carbocycles. The molecule has 0 saturated carbocycles. The minimum Gasteiger partial charge on any atom is -0.482 e. The van der Waals surface area contributed by atoms with Gasteiger partial charge < -0.3 is 15.2 Å². The molecule has 0 radical (unpaired) electrons. The van der Waals surface area contributed by atoms with Gasteiger partial charge in [-0.1, -0.05) is 15.9 Å². The van der Waals surface area contributed by atoms with E-state index in [1.807, 2.05) is 25.1 Å². The lowest BCUT2D eigenvalue weighted by molar-refractivity contribution is -0.118. The quantitative estimate of drug-likeness (QED) is 0.869. The van der Waals surface area contributed by atoms with Gasteiger partial charge in [0.2, 0.25) is 0 Å². The molecule has 0 atom stereocenters. The van der Waals surface area contributed by atoms with Gasteiger partial charge in [0.05, 0.1) is 18.5 Å². The van der Waals surface area contributed by atoms with Crippen LogP contribution in [-0.2, 0) is 11.4 Å². The minimum absolute atomic E-state index is 0.102. The highest BCUT2D eigenvalue weighted by molar-refractivity contribution is 9.10. The number of ether oxygens (including phenoxy) is 1. The maximum atomic E-state index is 11.8. The second-order valence-corrected chi connectivity index (χ2v) is 5.36. The van der Waals surface area contributed by atoms with Crippen molar-refractivity contribution in [2.45, 2.75) is 13.5 Å². The molecule has 0 saturated heterocycles. The van der Waals surface area contributed by atoms with Gasteiger partial charge in [-0.15, -0.1) is 0 Å². The number of aliphatic hydroxyl groups excluding tert-OH is 1. The summed E-state index contributed by atoms with van der Waals surface area (Å²) in [6, 6.07) is 8.92. The number of rotatable bonds is 5. The molecule has 0 aliphatic carbocycles. The summed E-state index contributed by atoms with van der Waals surface area (Å²) >= 11 is 3.37. The topological polar surface area (TPSA) is 71.5 Å². The molecule has 0 spiro atoms. The van der Waals surface area contributed by atoms with Crippen LogP contribution in [0.25, 0.3) is 0 Å². The summed E-state index contributed by atoms with van der Waals surface area (Å²) in [5.74, 6) is 0.238. The first-order valence-electron chi connectivity index (χ1n) is 6.33. The van der Waals surface area contributed by atoms with Crippen molar-refractivity contribution in [2.75, 3.05) is 11.9 Å². The normalized spacial score (nSPS) is 10.2. The van der Waals surface area contributed by atoms with E-state index in [-0.39, 0.29) is 19.1 Å². The van der Waals surface area contributed by atoms with Crippen molar-refractivity contribution in [3.63, 3.8) is 0 Å². The van der Waals surface area contributed by atoms with Gasteiger partial charge in [-0.3, -0.25) is 9.78 Å². The molecule has 0 aliphatic heterocycles. The van der Waals surface area contributed by atoms with Crippen LogP contribution in [0.4, 0.5) is 5.69 Å². The Bertz CT molecular complexity index is 629. The maximum absolute atomic E-state index is 11.8. The number of amides is 1. The van der Waals surface area contributed by atoms with Crippen LogP contribution in [-0.4, -0.2) is 22.6 Å². The summed E-state index contributed by atoms with van der Waals surface area (Å²) in [4.78, 5) is 15.8. The van der Waals surface area contributed by atoms with E-state index in [2.05, 4.69) is 26.2 Å². The van der Waals surface area contributed by atoms with E-state index in [0.29, 0.717) is 11.4 Å². The predicted molar refractivity (Wildman–Crippen MR) is 83.2 cm³/mol. The Labute approximate surface area is 131 Å². The number of carbonyl (C=O) groups is 1. The highest BCUT2D eigenvalue weighted by atomic mass is 79.9. The number of nitrogens with one attached hydrogen (secondary N) is 1. The maximum Gasteiger partial charge on any atom is 0.262 e. The average Bonchev–Trinajstić information content (AvgIpc) is 2.48. The van der Waals surface area contributed by atoms with Gasteiger partial charge in [0.1, 0.15) is 5.75 Å². The van der Waals surface area contributed by atoms with Gasteiger partial charge in [-0.25, -0.2) is 0 Å². The van der Waals surface area contributed by atoms with Crippen LogP contribution in [0.3, 0.4) is 0 Å². The number of anilines is 1. The number of nitrogens with zero attached hydrogens (tertiary/aromatic N) is 1. The van der Waals surface area contributed by atoms with Gasteiger partial charge in [0.25, 0.3) is 5.91 Å². The molecule has 6 heteroatoms. The molecule has 1 heterocycles. The van der Waals surface area contributed by atoms with Crippen LogP contribution in [0.2, 0.25) is 0 Å². The molecule has 0 bridgehead atoms. The number of hydrogen-bond donors (Lipinski definition) is 2. The molecule has 2 rings (SSSR count). The zero-order valence-corrected chi connectivity index (χ0v) is 13.1. The number of carbonyl (C=O) groups excluding carboxylic acids is 1. The molecule has 0 unspecified atom stereocenters. The number of pyridine rings is 1. The van der Waals surface area contributed by atoms with Gasteiger partial charge >= 0.3 is 0 Å². The van der Waals surface area contributed by atoms with Gasteiger partial charge in [-0.05, 0) is 42.8 Å². The monoisotopic (exact) mass is 350 g/mol. The van der Waals surface area contributed by atoms with Crippen LogP contribution in [0.1, 0.15) is 11.3 Å². The van der Waals surface area contributed by atoms with Crippen molar-refractivity contribution in [3.8, 4) is 5.75 Å². The average molecular weight is 351 g/mol. The summed E-state index contributed by atoms with van der Waals surface area (Å²) in [7, 11) is 0. The Morgan fingerprint density at radius 2 is 2.19 bits per heavy atom. The standard InChI is InChI=1S/C15H15BrN2O3/c1-10-6-11(16)2-5-14(10)18-15(20)9-21-13-4-3-12(8-19)17-7-13/h2-7,19H,8-9H2,1H3,(H,18,20). The van der Waals surface area contributed by atoms with Crippen molar-refractivity contribution >= 4 is 27.5 Å². The Balaban J connectivity index is 1.89. The van der Waals surface area contributed by atoms with Crippen LogP contribution >= 0.6 is 15.9 Å².